The van der Waals surface area contributed by atoms with Crippen LogP contribution >= 0.6 is 34.5 Å². The summed E-state index contributed by atoms with van der Waals surface area (Å²) < 4.78 is 0.678. The predicted molar refractivity (Wildman–Crippen MR) is 53.8 cm³/mol. The van der Waals surface area contributed by atoms with Gasteiger partial charge < -0.3 is 0 Å². The van der Waals surface area contributed by atoms with Crippen LogP contribution in [0.15, 0.2) is 6.08 Å². The van der Waals surface area contributed by atoms with Crippen LogP contribution in [0.2, 0.25) is 9.36 Å². The Labute approximate surface area is 80.4 Å². The molecule has 0 aliphatic carbocycles. The van der Waals surface area contributed by atoms with E-state index in [9.17, 15) is 0 Å². The van der Waals surface area contributed by atoms with Crippen molar-refractivity contribution in [2.45, 2.75) is 13.8 Å². The van der Waals surface area contributed by atoms with Crippen molar-refractivity contribution in [2.24, 2.45) is 0 Å². The first-order valence-electron chi connectivity index (χ1n) is 3.24. The molecule has 0 atom stereocenters. The molecule has 1 heterocycles. The minimum atomic E-state index is 0.673. The maximum atomic E-state index is 5.92. The van der Waals surface area contributed by atoms with Crippen molar-refractivity contribution in [3.63, 3.8) is 0 Å². The van der Waals surface area contributed by atoms with Crippen molar-refractivity contribution in [1.82, 2.24) is 0 Å². The fourth-order valence-electron chi connectivity index (χ4n) is 0.852. The van der Waals surface area contributed by atoms with Crippen molar-refractivity contribution in [1.29, 1.82) is 0 Å². The van der Waals surface area contributed by atoms with Gasteiger partial charge in [-0.3, -0.25) is 0 Å². The predicted octanol–water partition coefficient (Wildman–Crippen LogP) is 4.40. The number of thiophene rings is 1. The summed E-state index contributed by atoms with van der Waals surface area (Å²) >= 11 is 13.3. The monoisotopic (exact) mass is 206 g/mol. The van der Waals surface area contributed by atoms with Crippen LogP contribution in [0.25, 0.3) is 6.08 Å². The summed E-state index contributed by atoms with van der Waals surface area (Å²) in [6.07, 6.45) is 3.93. The van der Waals surface area contributed by atoms with Crippen LogP contribution in [0.4, 0.5) is 0 Å². The number of halogens is 2. The molecule has 0 fully saturated rings. The molecule has 1 aromatic heterocycles. The van der Waals surface area contributed by atoms with Crippen molar-refractivity contribution in [3.8, 4) is 0 Å². The lowest BCUT2D eigenvalue weighted by atomic mass is 10.2. The smallest absolute Gasteiger partial charge is 0.112 e. The molecule has 0 bridgehead atoms. The number of rotatable bonds is 1. The van der Waals surface area contributed by atoms with Crippen LogP contribution in [0.1, 0.15) is 17.4 Å². The topological polar surface area (TPSA) is 0 Å². The average Bonchev–Trinajstić information content (AvgIpc) is 2.17. The Bertz CT molecular complexity index is 287. The van der Waals surface area contributed by atoms with Gasteiger partial charge in [0.1, 0.15) is 4.34 Å². The summed E-state index contributed by atoms with van der Waals surface area (Å²) in [6, 6.07) is 0. The summed E-state index contributed by atoms with van der Waals surface area (Å²) in [4.78, 5) is 1.16. The molecule has 0 aliphatic rings. The molecule has 0 amide bonds. The molecule has 0 N–H and O–H groups in total. The normalized spacial score (nSPS) is 11.3. The van der Waals surface area contributed by atoms with E-state index >= 15 is 0 Å². The Kier molecular flexibility index (Phi) is 2.99. The Morgan fingerprint density at radius 2 is 2.00 bits per heavy atom. The molecule has 1 aromatic rings. The van der Waals surface area contributed by atoms with Gasteiger partial charge in [-0.15, -0.1) is 11.3 Å². The van der Waals surface area contributed by atoms with E-state index in [1.165, 1.54) is 11.3 Å². The van der Waals surface area contributed by atoms with Gasteiger partial charge in [0.25, 0.3) is 0 Å². The standard InChI is InChI=1S/C8H8Cl2S/c1-3-4-6-5(2)11-8(10)7(6)9/h3-4H,1-2H3/b4-3-. The fourth-order valence-corrected chi connectivity index (χ4v) is 2.43. The quantitative estimate of drug-likeness (QED) is 0.640. The maximum absolute atomic E-state index is 5.92. The second-order valence-corrected chi connectivity index (χ2v) is 4.36. The molecule has 0 radical (unpaired) electrons. The van der Waals surface area contributed by atoms with E-state index in [0.29, 0.717) is 9.36 Å². The highest BCUT2D eigenvalue weighted by Crippen LogP contribution is 2.36. The molecule has 11 heavy (non-hydrogen) atoms. The SMILES string of the molecule is C/C=C\c1c(C)sc(Cl)c1Cl. The van der Waals surface area contributed by atoms with E-state index < -0.39 is 0 Å². The van der Waals surface area contributed by atoms with Crippen LogP contribution in [0.5, 0.6) is 0 Å². The van der Waals surface area contributed by atoms with Crippen molar-refractivity contribution in [3.05, 3.63) is 25.9 Å². The van der Waals surface area contributed by atoms with Crippen molar-refractivity contribution < 1.29 is 0 Å². The Morgan fingerprint density at radius 1 is 1.36 bits per heavy atom. The summed E-state index contributed by atoms with van der Waals surface area (Å²) in [5.74, 6) is 0. The lowest BCUT2D eigenvalue weighted by Crippen LogP contribution is -1.69. The molecule has 0 saturated heterocycles. The van der Waals surface area contributed by atoms with Crippen molar-refractivity contribution in [2.75, 3.05) is 0 Å². The molecular weight excluding hydrogens is 199 g/mol. The van der Waals surface area contributed by atoms with Crippen molar-refractivity contribution >= 4 is 40.6 Å². The van der Waals surface area contributed by atoms with E-state index in [0.717, 1.165) is 10.4 Å². The van der Waals surface area contributed by atoms with E-state index in [2.05, 4.69) is 0 Å². The zero-order chi connectivity index (χ0) is 8.43. The van der Waals surface area contributed by atoms with Gasteiger partial charge in [0, 0.05) is 10.4 Å². The number of aryl methyl sites for hydroxylation is 1. The number of hydrogen-bond donors (Lipinski definition) is 0. The van der Waals surface area contributed by atoms with Crippen LogP contribution in [0, 0.1) is 6.92 Å². The van der Waals surface area contributed by atoms with Crippen LogP contribution < -0.4 is 0 Å². The van der Waals surface area contributed by atoms with Gasteiger partial charge in [-0.2, -0.15) is 0 Å². The first-order chi connectivity index (χ1) is 5.16. The third kappa shape index (κ3) is 1.78. The van der Waals surface area contributed by atoms with Gasteiger partial charge in [-0.05, 0) is 13.8 Å². The van der Waals surface area contributed by atoms with Gasteiger partial charge in [0.2, 0.25) is 0 Å². The molecule has 0 spiro atoms. The largest absolute Gasteiger partial charge is 0.127 e. The van der Waals surface area contributed by atoms with E-state index in [-0.39, 0.29) is 0 Å². The Hall–Kier alpha value is 0.0200. The van der Waals surface area contributed by atoms with E-state index in [1.54, 1.807) is 0 Å². The molecule has 0 saturated carbocycles. The number of allylic oxidation sites excluding steroid dienone is 1. The molecule has 0 unspecified atom stereocenters. The maximum Gasteiger partial charge on any atom is 0.112 e. The second-order valence-electron chi connectivity index (χ2n) is 2.16. The van der Waals surface area contributed by atoms with Gasteiger partial charge >= 0.3 is 0 Å². The fraction of sp³-hybridized carbons (Fsp3) is 0.250. The Morgan fingerprint density at radius 3 is 2.36 bits per heavy atom. The highest BCUT2D eigenvalue weighted by molar-refractivity contribution is 7.17. The van der Waals surface area contributed by atoms with Crippen LogP contribution in [0.3, 0.4) is 0 Å². The van der Waals surface area contributed by atoms with Crippen LogP contribution in [-0.4, -0.2) is 0 Å². The van der Waals surface area contributed by atoms with Gasteiger partial charge in [-0.1, -0.05) is 35.4 Å². The molecule has 3 heteroatoms. The lowest BCUT2D eigenvalue weighted by Gasteiger charge is -1.89. The third-order valence-electron chi connectivity index (χ3n) is 1.36. The van der Waals surface area contributed by atoms with Gasteiger partial charge in [0.15, 0.2) is 0 Å². The molecular formula is C8H8Cl2S. The Balaban J connectivity index is 3.22. The summed E-state index contributed by atoms with van der Waals surface area (Å²) in [5, 5.41) is 0.673. The first kappa shape index (κ1) is 9.11. The van der Waals surface area contributed by atoms with Gasteiger partial charge in [0.05, 0.1) is 5.02 Å². The lowest BCUT2D eigenvalue weighted by molar-refractivity contribution is 1.59. The molecule has 0 nitrogen and oxygen atoms in total. The summed E-state index contributed by atoms with van der Waals surface area (Å²) in [7, 11) is 0. The minimum Gasteiger partial charge on any atom is -0.127 e. The zero-order valence-corrected chi connectivity index (χ0v) is 8.65. The van der Waals surface area contributed by atoms with Gasteiger partial charge in [-0.25, -0.2) is 0 Å². The molecule has 60 valence electrons. The average molecular weight is 207 g/mol. The first-order valence-corrected chi connectivity index (χ1v) is 4.81. The highest BCUT2D eigenvalue weighted by atomic mass is 35.5. The van der Waals surface area contributed by atoms with Crippen LogP contribution in [-0.2, 0) is 0 Å². The summed E-state index contributed by atoms with van der Waals surface area (Å²) in [5.41, 5.74) is 1.05. The molecule has 1 rings (SSSR count). The second kappa shape index (κ2) is 3.61. The third-order valence-corrected chi connectivity index (χ3v) is 3.30. The summed E-state index contributed by atoms with van der Waals surface area (Å²) in [6.45, 7) is 3.97. The highest BCUT2D eigenvalue weighted by Gasteiger charge is 2.08. The molecule has 0 aromatic carbocycles. The number of hydrogen-bond acceptors (Lipinski definition) is 1. The van der Waals surface area contributed by atoms with E-state index in [4.69, 9.17) is 23.2 Å². The molecule has 0 aliphatic heterocycles. The minimum absolute atomic E-state index is 0.673. The zero-order valence-electron chi connectivity index (χ0n) is 6.32. The van der Waals surface area contributed by atoms with E-state index in [1.807, 2.05) is 26.0 Å².